The summed E-state index contributed by atoms with van der Waals surface area (Å²) in [5.41, 5.74) is 0. The number of carbonyl (C=O) groups is 4. The molecule has 0 aliphatic carbocycles. The van der Waals surface area contributed by atoms with E-state index in [2.05, 4.69) is 28.6 Å². The molecule has 0 radical (unpaired) electrons. The Kier molecular flexibility index (Phi) is 37.2. The van der Waals surface area contributed by atoms with Gasteiger partial charge in [-0.15, -0.1) is 0 Å². The number of ether oxygens (including phenoxy) is 2. The summed E-state index contributed by atoms with van der Waals surface area (Å²) in [6.45, 7) is 5.60. The first-order valence-electron chi connectivity index (χ1n) is 19.3. The average molecular weight is 721 g/mol. The summed E-state index contributed by atoms with van der Waals surface area (Å²) >= 11 is 0. The number of nitrogens with one attached hydrogen (secondary N) is 1. The van der Waals surface area contributed by atoms with Gasteiger partial charge >= 0.3 is 11.9 Å². The molecule has 0 aliphatic rings. The van der Waals surface area contributed by atoms with Crippen LogP contribution in [-0.4, -0.2) is 85.4 Å². The Hall–Kier alpha value is -3.24. The number of methoxy groups -OCH3 is 2. The minimum absolute atomic E-state index is 0.0494. The normalized spacial score (nSPS) is 12.6. The summed E-state index contributed by atoms with van der Waals surface area (Å²) in [5.74, 6) is -0.201. The van der Waals surface area contributed by atoms with Gasteiger partial charge in [0.05, 0.1) is 26.4 Å². The van der Waals surface area contributed by atoms with Gasteiger partial charge in [-0.05, 0) is 51.4 Å². The lowest BCUT2D eigenvalue weighted by molar-refractivity contribution is -0.141. The van der Waals surface area contributed by atoms with E-state index in [-0.39, 0.29) is 36.0 Å². The third kappa shape index (κ3) is 37.8. The molecule has 2 atom stereocenters. The quantitative estimate of drug-likeness (QED) is 0.0390. The largest absolute Gasteiger partial charge is 0.469 e. The summed E-state index contributed by atoms with van der Waals surface area (Å²) in [7, 11) is 4.59. The summed E-state index contributed by atoms with van der Waals surface area (Å²) in [5, 5.41) is 22.3. The van der Waals surface area contributed by atoms with Crippen LogP contribution >= 0.6 is 0 Å². The van der Waals surface area contributed by atoms with Crippen LogP contribution in [0, 0.1) is 0 Å². The van der Waals surface area contributed by atoms with Crippen molar-refractivity contribution in [2.75, 3.05) is 34.4 Å². The highest BCUT2D eigenvalue weighted by Crippen LogP contribution is 2.08. The molecule has 0 aromatic rings. The van der Waals surface area contributed by atoms with E-state index < -0.39 is 0 Å². The lowest BCUT2D eigenvalue weighted by Gasteiger charge is -2.15. The molecule has 0 aliphatic heterocycles. The second kappa shape index (κ2) is 38.0. The molecule has 0 heterocycles. The van der Waals surface area contributed by atoms with Crippen LogP contribution in [0.1, 0.15) is 142 Å². The fraction of sp³-hybridized carbons (Fsp3) is 0.707. The third-order valence-electron chi connectivity index (χ3n) is 8.07. The van der Waals surface area contributed by atoms with Gasteiger partial charge < -0.3 is 29.9 Å². The van der Waals surface area contributed by atoms with E-state index >= 15 is 0 Å². The third-order valence-corrected chi connectivity index (χ3v) is 8.07. The van der Waals surface area contributed by atoms with Gasteiger partial charge in [0.15, 0.2) is 0 Å². The zero-order chi connectivity index (χ0) is 38.4. The van der Waals surface area contributed by atoms with Crippen LogP contribution in [0.25, 0.3) is 0 Å². The Balaban J connectivity index is 0. The monoisotopic (exact) mass is 721 g/mol. The van der Waals surface area contributed by atoms with E-state index in [1.807, 2.05) is 49.6 Å². The maximum Gasteiger partial charge on any atom is 0.305 e. The van der Waals surface area contributed by atoms with E-state index in [4.69, 9.17) is 0 Å². The molecule has 10 nitrogen and oxygen atoms in total. The lowest BCUT2D eigenvalue weighted by atomic mass is 10.1. The predicted molar refractivity (Wildman–Crippen MR) is 207 cm³/mol. The molecule has 10 heteroatoms. The molecule has 0 spiro atoms. The molecule has 0 saturated heterocycles. The van der Waals surface area contributed by atoms with Crippen molar-refractivity contribution in [1.29, 1.82) is 0 Å². The topological polar surface area (TPSA) is 142 Å². The van der Waals surface area contributed by atoms with Gasteiger partial charge in [-0.3, -0.25) is 19.2 Å². The minimum atomic E-state index is -0.366. The second-order valence-electron chi connectivity index (χ2n) is 12.8. The highest BCUT2D eigenvalue weighted by molar-refractivity contribution is 5.76. The van der Waals surface area contributed by atoms with Gasteiger partial charge in [-0.2, -0.15) is 0 Å². The Bertz CT molecular complexity index is 992. The van der Waals surface area contributed by atoms with Crippen molar-refractivity contribution in [2.45, 2.75) is 154 Å². The average Bonchev–Trinajstić information content (AvgIpc) is 3.12. The van der Waals surface area contributed by atoms with Crippen LogP contribution in [0.2, 0.25) is 0 Å². The van der Waals surface area contributed by atoms with E-state index in [0.29, 0.717) is 38.8 Å². The molecule has 51 heavy (non-hydrogen) atoms. The first kappa shape index (κ1) is 49.9. The molecule has 0 aromatic carbocycles. The van der Waals surface area contributed by atoms with Crippen molar-refractivity contribution in [1.82, 2.24) is 10.2 Å². The minimum Gasteiger partial charge on any atom is -0.469 e. The molecular weight excluding hydrogens is 648 g/mol. The van der Waals surface area contributed by atoms with Crippen LogP contribution in [0.3, 0.4) is 0 Å². The number of carbonyl (C=O) groups excluding carboxylic acids is 4. The molecule has 0 aromatic heterocycles. The van der Waals surface area contributed by atoms with Crippen molar-refractivity contribution in [2.24, 2.45) is 0 Å². The SMILES string of the molecule is CCCCCC(O)/C=C/C=C\CCN(C)C(=O)CCCCCC(=O)OC.CCCCCC(O)/C=C/C=C\CCNC(=O)CCCCCC(=O)OC. The van der Waals surface area contributed by atoms with E-state index in [1.54, 1.807) is 11.0 Å². The summed E-state index contributed by atoms with van der Waals surface area (Å²) in [6.07, 6.45) is 31.1. The van der Waals surface area contributed by atoms with Crippen molar-refractivity contribution in [3.8, 4) is 0 Å². The standard InChI is InChI=1S/C21H37NO4.C20H35NO4/c1-4-5-9-14-19(23)15-10-6-7-13-18-22(2)20(24)16-11-8-12-17-21(25)26-3;1-3-4-8-13-18(22)14-9-5-6-12-17-21-19(23)15-10-7-11-16-20(24)25-2/h6-7,10,15,19,23H,4-5,8-9,11-14,16-18H2,1-3H3;5-6,9,14,18,22H,3-4,7-8,10-13,15-17H2,1-2H3,(H,21,23)/b7-6-,15-10+;6-5-,14-9+. The highest BCUT2D eigenvalue weighted by Gasteiger charge is 2.08. The number of hydrogen-bond donors (Lipinski definition) is 3. The fourth-order valence-corrected chi connectivity index (χ4v) is 4.76. The fourth-order valence-electron chi connectivity index (χ4n) is 4.76. The van der Waals surface area contributed by atoms with Crippen LogP contribution in [0.4, 0.5) is 0 Å². The molecule has 2 unspecified atom stereocenters. The molecule has 2 amide bonds. The predicted octanol–water partition coefficient (Wildman–Crippen LogP) is 7.68. The highest BCUT2D eigenvalue weighted by atomic mass is 16.5. The van der Waals surface area contributed by atoms with Crippen LogP contribution < -0.4 is 5.32 Å². The number of hydrogen-bond acceptors (Lipinski definition) is 8. The number of allylic oxidation sites excluding steroid dienone is 4. The van der Waals surface area contributed by atoms with Crippen LogP contribution in [0.15, 0.2) is 48.6 Å². The van der Waals surface area contributed by atoms with Crippen molar-refractivity contribution < 1.29 is 38.9 Å². The Morgan fingerprint density at radius 3 is 1.59 bits per heavy atom. The summed E-state index contributed by atoms with van der Waals surface area (Å²) in [4.78, 5) is 47.3. The van der Waals surface area contributed by atoms with E-state index in [0.717, 1.165) is 103 Å². The Labute approximate surface area is 309 Å². The number of amides is 2. The second-order valence-corrected chi connectivity index (χ2v) is 12.8. The molecule has 0 saturated carbocycles. The molecule has 3 N–H and O–H groups in total. The van der Waals surface area contributed by atoms with Gasteiger partial charge in [0.1, 0.15) is 0 Å². The Morgan fingerprint density at radius 1 is 0.627 bits per heavy atom. The van der Waals surface area contributed by atoms with Crippen LogP contribution in [-0.2, 0) is 28.7 Å². The molecular formula is C41H72N2O8. The number of aliphatic hydroxyl groups excluding tert-OH is 2. The van der Waals surface area contributed by atoms with Crippen LogP contribution in [0.5, 0.6) is 0 Å². The lowest BCUT2D eigenvalue weighted by Crippen LogP contribution is -2.27. The Morgan fingerprint density at radius 2 is 1.10 bits per heavy atom. The zero-order valence-electron chi connectivity index (χ0n) is 32.6. The maximum absolute atomic E-state index is 12.0. The zero-order valence-corrected chi connectivity index (χ0v) is 32.6. The first-order chi connectivity index (χ1) is 24.6. The molecule has 0 rings (SSSR count). The summed E-state index contributed by atoms with van der Waals surface area (Å²) in [6, 6.07) is 0. The summed E-state index contributed by atoms with van der Waals surface area (Å²) < 4.78 is 9.15. The van der Waals surface area contributed by atoms with Gasteiger partial charge in [0.25, 0.3) is 0 Å². The van der Waals surface area contributed by atoms with Crippen molar-refractivity contribution in [3.63, 3.8) is 0 Å². The van der Waals surface area contributed by atoms with Crippen molar-refractivity contribution in [3.05, 3.63) is 48.6 Å². The van der Waals surface area contributed by atoms with E-state index in [9.17, 15) is 29.4 Å². The smallest absolute Gasteiger partial charge is 0.305 e. The van der Waals surface area contributed by atoms with Gasteiger partial charge in [0.2, 0.25) is 11.8 Å². The van der Waals surface area contributed by atoms with Crippen molar-refractivity contribution >= 4 is 23.8 Å². The molecule has 0 bridgehead atoms. The van der Waals surface area contributed by atoms with E-state index in [1.165, 1.54) is 14.2 Å². The van der Waals surface area contributed by atoms with Gasteiger partial charge in [-0.25, -0.2) is 0 Å². The maximum atomic E-state index is 12.0. The van der Waals surface area contributed by atoms with Gasteiger partial charge in [0, 0.05) is 45.8 Å². The first-order valence-corrected chi connectivity index (χ1v) is 19.3. The number of unbranched alkanes of at least 4 members (excludes halogenated alkanes) is 8. The molecule has 294 valence electrons. The number of nitrogens with zero attached hydrogens (tertiary/aromatic N) is 1. The number of aliphatic hydroxyl groups is 2. The number of rotatable bonds is 30. The van der Waals surface area contributed by atoms with Gasteiger partial charge in [-0.1, -0.05) is 114 Å². The molecule has 0 fully saturated rings. The number of esters is 2.